The van der Waals surface area contributed by atoms with Gasteiger partial charge in [-0.15, -0.1) is 0 Å². The van der Waals surface area contributed by atoms with Crippen molar-refractivity contribution < 1.29 is 9.52 Å². The Labute approximate surface area is 172 Å². The third-order valence-electron chi connectivity index (χ3n) is 7.42. The molecule has 3 heterocycles. The van der Waals surface area contributed by atoms with Crippen LogP contribution in [-0.2, 0) is 19.4 Å². The molecule has 29 heavy (non-hydrogen) atoms. The number of fused-ring (bicyclic) bond motifs is 4. The zero-order valence-corrected chi connectivity index (χ0v) is 17.5. The molecule has 0 unspecified atom stereocenters. The van der Waals surface area contributed by atoms with E-state index in [9.17, 15) is 9.90 Å². The minimum atomic E-state index is -0.218. The summed E-state index contributed by atoms with van der Waals surface area (Å²) in [5.74, 6) is 0.913. The maximum absolute atomic E-state index is 12.5. The van der Waals surface area contributed by atoms with Gasteiger partial charge in [0.15, 0.2) is 0 Å². The number of piperidine rings is 2. The molecule has 2 saturated heterocycles. The number of rotatable bonds is 4. The SMILES string of the molecule is CN(Cc1c(O)ccc2c3c(c(=O)oc12)CCC3)C[C@@H]1CCCN2CCCC[C@H]12. The van der Waals surface area contributed by atoms with E-state index in [0.717, 1.165) is 47.9 Å². The molecule has 5 heteroatoms. The van der Waals surface area contributed by atoms with E-state index in [4.69, 9.17) is 4.42 Å². The summed E-state index contributed by atoms with van der Waals surface area (Å²) < 4.78 is 5.74. The Kier molecular flexibility index (Phi) is 5.12. The molecule has 0 bridgehead atoms. The maximum atomic E-state index is 12.5. The molecule has 0 spiro atoms. The highest BCUT2D eigenvalue weighted by Gasteiger charge is 2.33. The molecule has 2 aromatic rings. The van der Waals surface area contributed by atoms with E-state index in [2.05, 4.69) is 16.8 Å². The van der Waals surface area contributed by atoms with Crippen LogP contribution < -0.4 is 5.63 Å². The van der Waals surface area contributed by atoms with Gasteiger partial charge in [0.1, 0.15) is 11.3 Å². The number of hydrogen-bond acceptors (Lipinski definition) is 5. The molecule has 3 aliphatic rings. The second kappa shape index (κ2) is 7.77. The van der Waals surface area contributed by atoms with Crippen LogP contribution in [0.4, 0.5) is 0 Å². The molecule has 1 aromatic carbocycles. The minimum absolute atomic E-state index is 0.218. The summed E-state index contributed by atoms with van der Waals surface area (Å²) in [5, 5.41) is 11.6. The predicted octanol–water partition coefficient (Wildman–Crippen LogP) is 3.68. The van der Waals surface area contributed by atoms with Gasteiger partial charge in [-0.3, -0.25) is 0 Å². The van der Waals surface area contributed by atoms with Gasteiger partial charge in [-0.2, -0.15) is 0 Å². The number of nitrogens with zero attached hydrogens (tertiary/aromatic N) is 2. The number of phenolic OH excluding ortho intramolecular Hbond substituents is 1. The normalized spacial score (nSPS) is 24.8. The van der Waals surface area contributed by atoms with Crippen molar-refractivity contribution in [1.29, 1.82) is 0 Å². The molecule has 0 amide bonds. The molecule has 2 aliphatic heterocycles. The summed E-state index contributed by atoms with van der Waals surface area (Å²) in [6.07, 6.45) is 9.33. The Hall–Kier alpha value is -1.85. The minimum Gasteiger partial charge on any atom is -0.507 e. The number of aromatic hydroxyl groups is 1. The first-order chi connectivity index (χ1) is 14.1. The Morgan fingerprint density at radius 1 is 1.10 bits per heavy atom. The van der Waals surface area contributed by atoms with Crippen LogP contribution in [0.5, 0.6) is 5.75 Å². The zero-order valence-electron chi connectivity index (χ0n) is 17.5. The van der Waals surface area contributed by atoms with Gasteiger partial charge < -0.3 is 19.3 Å². The van der Waals surface area contributed by atoms with Crippen LogP contribution in [0, 0.1) is 5.92 Å². The molecule has 2 atom stereocenters. The van der Waals surface area contributed by atoms with Crippen LogP contribution in [-0.4, -0.2) is 47.6 Å². The Morgan fingerprint density at radius 3 is 2.83 bits per heavy atom. The van der Waals surface area contributed by atoms with Gasteiger partial charge in [0.05, 0.1) is 5.56 Å². The molecular formula is C24H32N2O3. The lowest BCUT2D eigenvalue weighted by Crippen LogP contribution is -2.50. The standard InChI is InChI=1S/C24H32N2O3/c1-25(14-16-6-5-13-26-12-3-2-9-21(16)26)15-20-22(27)11-10-18-17-7-4-8-19(17)24(28)29-23(18)20/h10-11,16,21,27H,2-9,12-15H2,1H3/t16-,21+/m0/s1. The first-order valence-corrected chi connectivity index (χ1v) is 11.3. The van der Waals surface area contributed by atoms with Crippen molar-refractivity contribution in [2.45, 2.75) is 64.0 Å². The lowest BCUT2D eigenvalue weighted by molar-refractivity contribution is 0.0434. The summed E-state index contributed by atoms with van der Waals surface area (Å²) in [4.78, 5) is 17.5. The van der Waals surface area contributed by atoms with E-state index in [0.29, 0.717) is 24.1 Å². The average molecular weight is 397 g/mol. The lowest BCUT2D eigenvalue weighted by atomic mass is 9.83. The molecule has 1 aromatic heterocycles. The monoisotopic (exact) mass is 396 g/mol. The second-order valence-corrected chi connectivity index (χ2v) is 9.34. The smallest absolute Gasteiger partial charge is 0.339 e. The van der Waals surface area contributed by atoms with E-state index in [1.807, 2.05) is 6.07 Å². The fourth-order valence-corrected chi connectivity index (χ4v) is 6.07. The van der Waals surface area contributed by atoms with Crippen molar-refractivity contribution in [3.05, 3.63) is 39.2 Å². The summed E-state index contributed by atoms with van der Waals surface area (Å²) in [6.45, 7) is 4.14. The molecule has 0 saturated carbocycles. The summed E-state index contributed by atoms with van der Waals surface area (Å²) in [5.41, 5.74) is 3.09. The summed E-state index contributed by atoms with van der Waals surface area (Å²) in [7, 11) is 2.13. The molecule has 2 fully saturated rings. The lowest BCUT2D eigenvalue weighted by Gasteiger charge is -2.45. The Morgan fingerprint density at radius 2 is 1.93 bits per heavy atom. The van der Waals surface area contributed by atoms with E-state index in [-0.39, 0.29) is 11.4 Å². The van der Waals surface area contributed by atoms with Crippen LogP contribution in [0.25, 0.3) is 11.0 Å². The fourth-order valence-electron chi connectivity index (χ4n) is 6.07. The van der Waals surface area contributed by atoms with Crippen molar-refractivity contribution in [3.8, 4) is 5.75 Å². The largest absolute Gasteiger partial charge is 0.507 e. The average Bonchev–Trinajstić information content (AvgIpc) is 3.22. The van der Waals surface area contributed by atoms with E-state index >= 15 is 0 Å². The van der Waals surface area contributed by atoms with Gasteiger partial charge in [-0.05, 0) is 88.7 Å². The van der Waals surface area contributed by atoms with Crippen LogP contribution in [0.1, 0.15) is 55.2 Å². The van der Waals surface area contributed by atoms with Crippen LogP contribution in [0.3, 0.4) is 0 Å². The van der Waals surface area contributed by atoms with Gasteiger partial charge in [0, 0.05) is 30.1 Å². The Bertz CT molecular complexity index is 965. The van der Waals surface area contributed by atoms with E-state index < -0.39 is 0 Å². The quantitative estimate of drug-likeness (QED) is 0.799. The molecule has 0 radical (unpaired) electrons. The van der Waals surface area contributed by atoms with Crippen molar-refractivity contribution in [1.82, 2.24) is 9.80 Å². The topological polar surface area (TPSA) is 56.9 Å². The first kappa shape index (κ1) is 19.1. The van der Waals surface area contributed by atoms with Crippen LogP contribution >= 0.6 is 0 Å². The predicted molar refractivity (Wildman–Crippen MR) is 114 cm³/mol. The molecule has 5 nitrogen and oxygen atoms in total. The van der Waals surface area contributed by atoms with Gasteiger partial charge in [0.25, 0.3) is 0 Å². The number of hydrogen-bond donors (Lipinski definition) is 1. The van der Waals surface area contributed by atoms with Gasteiger partial charge in [0.2, 0.25) is 0 Å². The summed E-state index contributed by atoms with van der Waals surface area (Å²) >= 11 is 0. The highest BCUT2D eigenvalue weighted by atomic mass is 16.4. The van der Waals surface area contributed by atoms with E-state index in [1.165, 1.54) is 45.2 Å². The van der Waals surface area contributed by atoms with Crippen molar-refractivity contribution in [2.75, 3.05) is 26.7 Å². The van der Waals surface area contributed by atoms with Crippen molar-refractivity contribution in [3.63, 3.8) is 0 Å². The van der Waals surface area contributed by atoms with Crippen LogP contribution in [0.2, 0.25) is 0 Å². The second-order valence-electron chi connectivity index (χ2n) is 9.34. The third kappa shape index (κ3) is 3.49. The number of benzene rings is 1. The molecule has 5 rings (SSSR count). The third-order valence-corrected chi connectivity index (χ3v) is 7.42. The molecule has 1 N–H and O–H groups in total. The molecule has 156 valence electrons. The fraction of sp³-hybridized carbons (Fsp3) is 0.625. The van der Waals surface area contributed by atoms with Crippen molar-refractivity contribution >= 4 is 11.0 Å². The van der Waals surface area contributed by atoms with E-state index in [1.54, 1.807) is 6.07 Å². The Balaban J connectivity index is 1.40. The highest BCUT2D eigenvalue weighted by molar-refractivity contribution is 5.86. The van der Waals surface area contributed by atoms with Crippen LogP contribution in [0.15, 0.2) is 21.3 Å². The molecular weight excluding hydrogens is 364 g/mol. The zero-order chi connectivity index (χ0) is 20.0. The molecule has 1 aliphatic carbocycles. The van der Waals surface area contributed by atoms with Crippen molar-refractivity contribution in [2.24, 2.45) is 5.92 Å². The van der Waals surface area contributed by atoms with Gasteiger partial charge in [-0.1, -0.05) is 6.42 Å². The number of phenols is 1. The first-order valence-electron chi connectivity index (χ1n) is 11.3. The van der Waals surface area contributed by atoms with Gasteiger partial charge >= 0.3 is 5.63 Å². The number of aryl methyl sites for hydroxylation is 1. The van der Waals surface area contributed by atoms with Gasteiger partial charge in [-0.25, -0.2) is 4.79 Å². The summed E-state index contributed by atoms with van der Waals surface area (Å²) in [6, 6.07) is 4.40. The highest BCUT2D eigenvalue weighted by Crippen LogP contribution is 2.35. The maximum Gasteiger partial charge on any atom is 0.339 e.